The van der Waals surface area contributed by atoms with Gasteiger partial charge in [0.15, 0.2) is 0 Å². The van der Waals surface area contributed by atoms with E-state index in [2.05, 4.69) is 24.5 Å². The molecule has 24 heavy (non-hydrogen) atoms. The number of nitrogens with one attached hydrogen (secondary N) is 2. The molecule has 3 fully saturated rings. The number of unbranched alkanes of at least 4 members (excludes halogenated alkanes) is 1. The van der Waals surface area contributed by atoms with Gasteiger partial charge in [-0.15, -0.1) is 0 Å². The number of urea groups is 1. The van der Waals surface area contributed by atoms with Crippen LogP contribution in [0.5, 0.6) is 0 Å². The lowest BCUT2D eigenvalue weighted by Crippen LogP contribution is -2.58. The van der Waals surface area contributed by atoms with E-state index < -0.39 is 0 Å². The minimum Gasteiger partial charge on any atom is -0.330 e. The first-order chi connectivity index (χ1) is 11.3. The number of fused-ring (bicyclic) bond motifs is 1. The number of nitrogens with zero attached hydrogens (tertiary/aromatic N) is 1. The molecule has 0 radical (unpaired) electrons. The van der Waals surface area contributed by atoms with Crippen LogP contribution in [0.1, 0.15) is 52.4 Å². The van der Waals surface area contributed by atoms with Gasteiger partial charge >= 0.3 is 6.03 Å². The van der Waals surface area contributed by atoms with Gasteiger partial charge in [0.05, 0.1) is 11.1 Å². The second-order valence-electron chi connectivity index (χ2n) is 7.18. The summed E-state index contributed by atoms with van der Waals surface area (Å²) >= 11 is 1.84. The van der Waals surface area contributed by atoms with Gasteiger partial charge in [0.2, 0.25) is 17.7 Å². The molecule has 3 heterocycles. The Morgan fingerprint density at radius 3 is 2.50 bits per heavy atom. The number of likely N-dealkylation sites (tertiary alicyclic amines) is 1. The fourth-order valence-corrected chi connectivity index (χ4v) is 5.68. The van der Waals surface area contributed by atoms with Gasteiger partial charge in [-0.3, -0.25) is 14.4 Å². The molecule has 0 bridgehead atoms. The molecule has 0 aromatic heterocycles. The molecule has 3 aliphatic rings. The Morgan fingerprint density at radius 1 is 1.17 bits per heavy atom. The smallest absolute Gasteiger partial charge is 0.315 e. The zero-order valence-corrected chi connectivity index (χ0v) is 14.8. The highest BCUT2D eigenvalue weighted by atomic mass is 32.2. The largest absolute Gasteiger partial charge is 0.330 e. The molecule has 7 nitrogen and oxygen atoms in total. The SMILES string of the molecule is C[C@]12CS[C@@H](CCCCC(=O)N3C(=O)CCC3=O)[C@@]1(C)NC(=O)N2. The van der Waals surface area contributed by atoms with Crippen LogP contribution in [0.15, 0.2) is 0 Å². The summed E-state index contributed by atoms with van der Waals surface area (Å²) in [6, 6.07) is -0.119. The Labute approximate surface area is 145 Å². The highest BCUT2D eigenvalue weighted by molar-refractivity contribution is 8.00. The predicted molar refractivity (Wildman–Crippen MR) is 89.3 cm³/mol. The summed E-state index contributed by atoms with van der Waals surface area (Å²) in [5.74, 6) is -0.269. The third-order valence-corrected chi connectivity index (χ3v) is 7.39. The third-order valence-electron chi connectivity index (χ3n) is 5.53. The van der Waals surface area contributed by atoms with Crippen LogP contribution >= 0.6 is 11.8 Å². The van der Waals surface area contributed by atoms with Crippen LogP contribution in [0.2, 0.25) is 0 Å². The Balaban J connectivity index is 1.47. The van der Waals surface area contributed by atoms with Gasteiger partial charge < -0.3 is 10.6 Å². The van der Waals surface area contributed by atoms with Crippen LogP contribution in [-0.2, 0) is 14.4 Å². The summed E-state index contributed by atoms with van der Waals surface area (Å²) in [5, 5.41) is 6.35. The van der Waals surface area contributed by atoms with Gasteiger partial charge in [-0.25, -0.2) is 9.69 Å². The molecule has 0 aliphatic carbocycles. The van der Waals surface area contributed by atoms with Crippen molar-refractivity contribution in [2.24, 2.45) is 0 Å². The predicted octanol–water partition coefficient (Wildman–Crippen LogP) is 1.17. The maximum absolute atomic E-state index is 12.0. The minimum absolute atomic E-state index is 0.119. The fraction of sp³-hybridized carbons (Fsp3) is 0.750. The second kappa shape index (κ2) is 6.06. The molecule has 3 saturated heterocycles. The molecule has 3 rings (SSSR count). The summed E-state index contributed by atoms with van der Waals surface area (Å²) in [6.45, 7) is 4.13. The molecule has 0 saturated carbocycles. The van der Waals surface area contributed by atoms with Gasteiger partial charge in [-0.05, 0) is 26.7 Å². The van der Waals surface area contributed by atoms with Crippen molar-refractivity contribution in [3.05, 3.63) is 0 Å². The Hall–Kier alpha value is -1.57. The molecule has 0 aromatic carbocycles. The van der Waals surface area contributed by atoms with Crippen LogP contribution in [0.3, 0.4) is 0 Å². The average molecular weight is 353 g/mol. The second-order valence-corrected chi connectivity index (χ2v) is 8.37. The van der Waals surface area contributed by atoms with Crippen molar-refractivity contribution in [1.82, 2.24) is 15.5 Å². The van der Waals surface area contributed by atoms with E-state index in [-0.39, 0.29) is 59.3 Å². The van der Waals surface area contributed by atoms with Crippen molar-refractivity contribution in [3.8, 4) is 0 Å². The van der Waals surface area contributed by atoms with E-state index >= 15 is 0 Å². The first kappa shape index (κ1) is 17.3. The summed E-state index contributed by atoms with van der Waals surface area (Å²) in [7, 11) is 0. The van der Waals surface area contributed by atoms with Crippen molar-refractivity contribution in [2.75, 3.05) is 5.75 Å². The Bertz CT molecular complexity index is 594. The molecule has 3 aliphatic heterocycles. The van der Waals surface area contributed by atoms with E-state index in [1.54, 1.807) is 0 Å². The van der Waals surface area contributed by atoms with Gasteiger partial charge in [0.25, 0.3) is 0 Å². The van der Waals surface area contributed by atoms with Crippen molar-refractivity contribution in [3.63, 3.8) is 0 Å². The first-order valence-corrected chi connectivity index (χ1v) is 9.42. The number of thioether (sulfide) groups is 1. The Morgan fingerprint density at radius 2 is 1.83 bits per heavy atom. The van der Waals surface area contributed by atoms with Crippen LogP contribution in [0.4, 0.5) is 4.79 Å². The van der Waals surface area contributed by atoms with E-state index in [1.165, 1.54) is 0 Å². The molecule has 0 spiro atoms. The lowest BCUT2D eigenvalue weighted by molar-refractivity contribution is -0.149. The number of carbonyl (C=O) groups is 4. The summed E-state index contributed by atoms with van der Waals surface area (Å²) in [4.78, 5) is 47.6. The van der Waals surface area contributed by atoms with Crippen LogP contribution in [0, 0.1) is 0 Å². The number of hydrogen-bond acceptors (Lipinski definition) is 5. The molecular formula is C16H23N3O4S. The topological polar surface area (TPSA) is 95.6 Å². The van der Waals surface area contributed by atoms with Gasteiger partial charge in [0, 0.05) is 30.3 Å². The van der Waals surface area contributed by atoms with E-state index in [9.17, 15) is 19.2 Å². The fourth-order valence-electron chi connectivity index (χ4n) is 3.79. The van der Waals surface area contributed by atoms with E-state index in [4.69, 9.17) is 0 Å². The standard InChI is InChI=1S/C16H23N3O4S/c1-15-9-24-10(16(15,2)18-14(23)17-15)5-3-4-6-11(20)19-12(21)7-8-13(19)22/h10H,3-9H2,1-2H3,(H2,17,18,23)/t10-,15-,16+/m0/s1. The first-order valence-electron chi connectivity index (χ1n) is 8.37. The third kappa shape index (κ3) is 2.70. The maximum atomic E-state index is 12.0. The molecular weight excluding hydrogens is 330 g/mol. The average Bonchev–Trinajstić information content (AvgIpc) is 3.02. The van der Waals surface area contributed by atoms with Crippen LogP contribution < -0.4 is 10.6 Å². The van der Waals surface area contributed by atoms with E-state index in [1.807, 2.05) is 11.8 Å². The van der Waals surface area contributed by atoms with E-state index in [0.29, 0.717) is 6.42 Å². The molecule has 0 unspecified atom stereocenters. The number of carbonyl (C=O) groups excluding carboxylic acids is 4. The lowest BCUT2D eigenvalue weighted by Gasteiger charge is -2.35. The van der Waals surface area contributed by atoms with Crippen LogP contribution in [0.25, 0.3) is 0 Å². The number of rotatable bonds is 5. The van der Waals surface area contributed by atoms with Gasteiger partial charge in [-0.2, -0.15) is 11.8 Å². The number of hydrogen-bond donors (Lipinski definition) is 2. The maximum Gasteiger partial charge on any atom is 0.315 e. The van der Waals surface area contributed by atoms with Gasteiger partial charge in [0.1, 0.15) is 0 Å². The van der Waals surface area contributed by atoms with Crippen molar-refractivity contribution < 1.29 is 19.2 Å². The van der Waals surface area contributed by atoms with Crippen molar-refractivity contribution in [1.29, 1.82) is 0 Å². The molecule has 0 aromatic rings. The highest BCUT2D eigenvalue weighted by Crippen LogP contribution is 2.47. The summed E-state index contributed by atoms with van der Waals surface area (Å²) in [5.41, 5.74) is -0.538. The number of amides is 5. The monoisotopic (exact) mass is 353 g/mol. The normalized spacial score (nSPS) is 35.2. The van der Waals surface area contributed by atoms with Crippen LogP contribution in [-0.4, -0.2) is 50.7 Å². The highest BCUT2D eigenvalue weighted by Gasteiger charge is 2.60. The van der Waals surface area contributed by atoms with Crippen molar-refractivity contribution >= 4 is 35.5 Å². The quantitative estimate of drug-likeness (QED) is 0.439. The molecule has 5 amide bonds. The lowest BCUT2D eigenvalue weighted by atomic mass is 9.79. The zero-order valence-electron chi connectivity index (χ0n) is 14.0. The summed E-state index contributed by atoms with van der Waals surface area (Å²) < 4.78 is 0. The Kier molecular flexibility index (Phi) is 4.36. The summed E-state index contributed by atoms with van der Waals surface area (Å²) in [6.07, 6.45) is 2.85. The minimum atomic E-state index is -0.381. The molecule has 132 valence electrons. The number of imide groups is 3. The van der Waals surface area contributed by atoms with Crippen molar-refractivity contribution in [2.45, 2.75) is 68.7 Å². The molecule has 3 atom stereocenters. The molecule has 2 N–H and O–H groups in total. The van der Waals surface area contributed by atoms with E-state index in [0.717, 1.165) is 23.5 Å². The van der Waals surface area contributed by atoms with Gasteiger partial charge in [-0.1, -0.05) is 6.42 Å². The molecule has 8 heteroatoms. The zero-order chi connectivity index (χ0) is 17.5.